The van der Waals surface area contributed by atoms with Gasteiger partial charge in [-0.05, 0) is 59.1 Å². The third kappa shape index (κ3) is 7.02. The van der Waals surface area contributed by atoms with Gasteiger partial charge in [0.05, 0.1) is 16.9 Å². The summed E-state index contributed by atoms with van der Waals surface area (Å²) >= 11 is 0. The molecule has 0 N–H and O–H groups in total. The first kappa shape index (κ1) is 30.0. The molecule has 241 valence electrons. The molecule has 0 aliphatic rings. The van der Waals surface area contributed by atoms with Crippen molar-refractivity contribution in [3.8, 4) is 28.3 Å². The summed E-state index contributed by atoms with van der Waals surface area (Å²) < 4.78 is 29.9. The smallest absolute Gasteiger partial charge is 0.0774 e. The zero-order chi connectivity index (χ0) is 34.9. The van der Waals surface area contributed by atoms with Crippen LogP contribution in [-0.4, -0.2) is 14.5 Å². The van der Waals surface area contributed by atoms with Gasteiger partial charge in [-0.1, -0.05) is 119 Å². The molecule has 4 nitrogen and oxygen atoms in total. The zero-order valence-electron chi connectivity index (χ0n) is 30.6. The predicted molar refractivity (Wildman–Crippen MR) is 191 cm³/mol. The number of imidazole rings is 1. The van der Waals surface area contributed by atoms with E-state index in [1.807, 2.05) is 18.2 Å². The Morgan fingerprint density at radius 1 is 0.787 bits per heavy atom. The van der Waals surface area contributed by atoms with Gasteiger partial charge in [0.15, 0.2) is 0 Å². The van der Waals surface area contributed by atoms with Crippen LogP contribution in [0.25, 0.3) is 50.3 Å². The summed E-state index contributed by atoms with van der Waals surface area (Å²) in [5.74, 6) is 2.08. The Morgan fingerprint density at radius 3 is 2.17 bits per heavy atom. The van der Waals surface area contributed by atoms with Gasteiger partial charge in [-0.2, -0.15) is 0 Å². The molecule has 0 spiro atoms. The van der Waals surface area contributed by atoms with Gasteiger partial charge >= 0.3 is 0 Å². The third-order valence-electron chi connectivity index (χ3n) is 8.30. The summed E-state index contributed by atoms with van der Waals surface area (Å²) in [6.07, 6.45) is 4.60. The van der Waals surface area contributed by atoms with Crippen LogP contribution in [0.15, 0.2) is 108 Å². The minimum absolute atomic E-state index is 0. The SMILES string of the molecule is CC(C)c1ccc2o[c-]c(-c3nc4ccccc4n3-c3c(C(C)C)cccc3C(C)C)c2c1.[2H]C([2H])([2H])c1ccc(-c2[c-]cccc2)nc1.[Ir]. The number of aryl methyl sites for hydroxylation is 1. The van der Waals surface area contributed by atoms with E-state index < -0.39 is 6.85 Å². The van der Waals surface area contributed by atoms with Crippen LogP contribution in [0, 0.1) is 19.2 Å². The number of furan rings is 1. The molecule has 4 aromatic carbocycles. The number of rotatable bonds is 6. The van der Waals surface area contributed by atoms with Gasteiger partial charge in [-0.25, -0.2) is 0 Å². The van der Waals surface area contributed by atoms with Crippen LogP contribution in [0.2, 0.25) is 0 Å². The molecule has 1 radical (unpaired) electrons. The van der Waals surface area contributed by atoms with E-state index in [1.54, 1.807) is 18.2 Å². The van der Waals surface area contributed by atoms with Gasteiger partial charge in [-0.15, -0.1) is 35.9 Å². The minimum atomic E-state index is -2.09. The van der Waals surface area contributed by atoms with Crippen molar-refractivity contribution in [2.75, 3.05) is 0 Å². The molecule has 0 amide bonds. The average molecular weight is 799 g/mol. The van der Waals surface area contributed by atoms with Gasteiger partial charge in [0.25, 0.3) is 0 Å². The maximum absolute atomic E-state index is 7.23. The second kappa shape index (κ2) is 14.6. The summed E-state index contributed by atoms with van der Waals surface area (Å²) in [5, 5.41) is 1.06. The number of aromatic nitrogens is 3. The Kier molecular flexibility index (Phi) is 9.35. The number of benzene rings is 4. The van der Waals surface area contributed by atoms with E-state index in [4.69, 9.17) is 13.5 Å². The van der Waals surface area contributed by atoms with Crippen LogP contribution in [-0.2, 0) is 20.1 Å². The molecule has 3 aromatic heterocycles. The Bertz CT molecular complexity index is 2170. The predicted octanol–water partition coefficient (Wildman–Crippen LogP) is 11.5. The molecule has 0 aliphatic heterocycles. The number of nitrogens with zero attached hydrogens (tertiary/aromatic N) is 3. The van der Waals surface area contributed by atoms with Crippen LogP contribution >= 0.6 is 0 Å². The first-order valence-electron chi connectivity index (χ1n) is 17.4. The molecule has 5 heteroatoms. The van der Waals surface area contributed by atoms with E-state index in [0.717, 1.165) is 44.6 Å². The van der Waals surface area contributed by atoms with Crippen LogP contribution in [0.1, 0.15) is 85.7 Å². The molecular formula is C42H41IrN3O-2. The van der Waals surface area contributed by atoms with E-state index in [9.17, 15) is 0 Å². The van der Waals surface area contributed by atoms with Crippen molar-refractivity contribution in [2.24, 2.45) is 0 Å². The first-order valence-corrected chi connectivity index (χ1v) is 15.9. The number of fused-ring (bicyclic) bond motifs is 2. The van der Waals surface area contributed by atoms with Crippen LogP contribution in [0.5, 0.6) is 0 Å². The molecule has 0 bridgehead atoms. The van der Waals surface area contributed by atoms with E-state index >= 15 is 0 Å². The van der Waals surface area contributed by atoms with Crippen molar-refractivity contribution in [3.63, 3.8) is 0 Å². The third-order valence-corrected chi connectivity index (χ3v) is 8.30. The molecule has 3 heterocycles. The van der Waals surface area contributed by atoms with Crippen molar-refractivity contribution < 1.29 is 28.6 Å². The Morgan fingerprint density at radius 2 is 1.53 bits per heavy atom. The monoisotopic (exact) mass is 799 g/mol. The molecule has 0 aliphatic carbocycles. The van der Waals surface area contributed by atoms with Gasteiger partial charge in [0, 0.05) is 47.9 Å². The summed E-state index contributed by atoms with van der Waals surface area (Å²) in [6, 6.07) is 35.3. The fraction of sp³-hybridized carbons (Fsp3) is 0.238. The van der Waals surface area contributed by atoms with Crippen LogP contribution < -0.4 is 0 Å². The van der Waals surface area contributed by atoms with Crippen LogP contribution in [0.3, 0.4) is 0 Å². The molecule has 7 rings (SSSR count). The van der Waals surface area contributed by atoms with Crippen LogP contribution in [0.4, 0.5) is 0 Å². The summed E-state index contributed by atoms with van der Waals surface area (Å²) in [4.78, 5) is 9.25. The van der Waals surface area contributed by atoms with E-state index in [0.29, 0.717) is 17.8 Å². The van der Waals surface area contributed by atoms with E-state index in [2.05, 4.69) is 124 Å². The maximum atomic E-state index is 7.23. The number of para-hydroxylation sites is 3. The number of pyridine rings is 1. The minimum Gasteiger partial charge on any atom is -0.557 e. The van der Waals surface area contributed by atoms with Crippen molar-refractivity contribution in [3.05, 3.63) is 138 Å². The second-order valence-corrected chi connectivity index (χ2v) is 12.6. The topological polar surface area (TPSA) is 43.9 Å². The normalized spacial score (nSPS) is 12.5. The summed E-state index contributed by atoms with van der Waals surface area (Å²) in [5.41, 5.74) is 10.8. The average Bonchev–Trinajstić information content (AvgIpc) is 3.69. The fourth-order valence-electron chi connectivity index (χ4n) is 5.81. The molecule has 7 aromatic rings. The van der Waals surface area contributed by atoms with E-state index in [-0.39, 0.29) is 25.7 Å². The molecule has 0 saturated heterocycles. The molecule has 0 saturated carbocycles. The summed E-state index contributed by atoms with van der Waals surface area (Å²) in [6.45, 7) is 11.4. The van der Waals surface area contributed by atoms with Gasteiger partial charge in [0.1, 0.15) is 0 Å². The molecule has 0 atom stereocenters. The quantitative estimate of drug-likeness (QED) is 0.157. The van der Waals surface area contributed by atoms with Gasteiger partial charge in [0.2, 0.25) is 0 Å². The first-order chi connectivity index (χ1) is 23.4. The van der Waals surface area contributed by atoms with Crippen molar-refractivity contribution >= 4 is 22.0 Å². The largest absolute Gasteiger partial charge is 0.557 e. The molecular weight excluding hydrogens is 755 g/mol. The van der Waals surface area contributed by atoms with Crippen molar-refractivity contribution in [1.82, 2.24) is 14.5 Å². The Hall–Kier alpha value is -4.31. The Balaban J connectivity index is 0.000000241. The van der Waals surface area contributed by atoms with Gasteiger partial charge in [-0.3, -0.25) is 4.98 Å². The van der Waals surface area contributed by atoms with Crippen molar-refractivity contribution in [1.29, 1.82) is 0 Å². The number of hydrogen-bond donors (Lipinski definition) is 0. The maximum Gasteiger partial charge on any atom is 0.0774 e. The Labute approximate surface area is 296 Å². The van der Waals surface area contributed by atoms with E-state index in [1.165, 1.54) is 28.6 Å². The van der Waals surface area contributed by atoms with Crippen molar-refractivity contribution in [2.45, 2.75) is 66.1 Å². The van der Waals surface area contributed by atoms with Gasteiger partial charge < -0.3 is 14.0 Å². The number of hydrogen-bond acceptors (Lipinski definition) is 3. The molecule has 0 unspecified atom stereocenters. The molecule has 47 heavy (non-hydrogen) atoms. The fourth-order valence-corrected chi connectivity index (χ4v) is 5.81. The second-order valence-electron chi connectivity index (χ2n) is 12.6. The summed E-state index contributed by atoms with van der Waals surface area (Å²) in [7, 11) is 0. The zero-order valence-corrected chi connectivity index (χ0v) is 30.0. The molecule has 0 fully saturated rings. The standard InChI is InChI=1S/C30H31N2O.C12H10N.Ir/c1-18(2)21-14-15-28-24(16-21)25(17-33-28)30-31-26-12-7-8-13-27(26)32(30)29-22(19(3)4)10-9-11-23(29)20(5)6;1-10-7-8-12(13-9-10)11-5-3-2-4-6-11;/h7-16,18-20H,1-6H3;2-5,7-9H,1H3;/q2*-1;/i;1D3;.